The largest absolute Gasteiger partial charge is 0.497 e. The van der Waals surface area contributed by atoms with E-state index in [1.807, 2.05) is 48.5 Å². The lowest BCUT2D eigenvalue weighted by atomic mass is 10.1. The monoisotopic (exact) mass is 394 g/mol. The van der Waals surface area contributed by atoms with Gasteiger partial charge in [0.2, 0.25) is 11.8 Å². The maximum Gasteiger partial charge on any atom is 0.277 e. The van der Waals surface area contributed by atoms with Crippen LogP contribution in [0.4, 0.5) is 5.69 Å². The van der Waals surface area contributed by atoms with Crippen LogP contribution < -0.4 is 9.64 Å². The second-order valence-corrected chi connectivity index (χ2v) is 6.68. The van der Waals surface area contributed by atoms with E-state index < -0.39 is 0 Å². The van der Waals surface area contributed by atoms with E-state index in [0.29, 0.717) is 23.2 Å². The molecule has 0 unspecified atom stereocenters. The van der Waals surface area contributed by atoms with E-state index in [9.17, 15) is 4.79 Å². The number of carbonyl (C=O) groups excluding carboxylic acids is 1. The van der Waals surface area contributed by atoms with Crippen LogP contribution in [-0.2, 0) is 11.2 Å². The molecule has 28 heavy (non-hydrogen) atoms. The fraction of sp³-hybridized carbons (Fsp3) is 0.200. The topological polar surface area (TPSA) is 92.3 Å². The van der Waals surface area contributed by atoms with Crippen molar-refractivity contribution in [3.05, 3.63) is 66.1 Å². The molecule has 0 aliphatic rings. The average molecular weight is 394 g/mol. The Kier molecular flexibility index (Phi) is 6.65. The molecule has 1 heterocycles. The smallest absolute Gasteiger partial charge is 0.277 e. The van der Waals surface area contributed by atoms with E-state index >= 15 is 0 Å². The molecule has 1 aromatic heterocycles. The number of hydrogen-bond acceptors (Lipinski definition) is 7. The number of para-hydroxylation sites is 1. The molecule has 0 saturated heterocycles. The van der Waals surface area contributed by atoms with Crippen LogP contribution in [0.2, 0.25) is 0 Å². The first-order chi connectivity index (χ1) is 13.7. The fourth-order valence-electron chi connectivity index (χ4n) is 2.49. The number of ether oxygens (including phenoxy) is 1. The van der Waals surface area contributed by atoms with E-state index in [-0.39, 0.29) is 18.2 Å². The van der Waals surface area contributed by atoms with Crippen molar-refractivity contribution in [1.82, 2.24) is 10.2 Å². The lowest BCUT2D eigenvalue weighted by Crippen LogP contribution is -2.32. The number of aromatic nitrogens is 2. The molecule has 7 nitrogen and oxygen atoms in total. The summed E-state index contributed by atoms with van der Waals surface area (Å²) < 4.78 is 10.7. The molecular weight excluding hydrogens is 376 g/mol. The third-order valence-corrected chi connectivity index (χ3v) is 4.68. The van der Waals surface area contributed by atoms with Gasteiger partial charge in [-0.2, -0.15) is 5.26 Å². The summed E-state index contributed by atoms with van der Waals surface area (Å²) in [6.07, 6.45) is 0.496. The lowest BCUT2D eigenvalue weighted by Gasteiger charge is -2.18. The van der Waals surface area contributed by atoms with Gasteiger partial charge in [-0.25, -0.2) is 0 Å². The van der Waals surface area contributed by atoms with Crippen LogP contribution in [0.25, 0.3) is 0 Å². The molecule has 0 bridgehead atoms. The summed E-state index contributed by atoms with van der Waals surface area (Å²) in [5.74, 6) is 1.15. The van der Waals surface area contributed by atoms with Crippen molar-refractivity contribution in [2.75, 3.05) is 24.3 Å². The van der Waals surface area contributed by atoms with Gasteiger partial charge >= 0.3 is 0 Å². The molecule has 0 atom stereocenters. The number of amides is 1. The third kappa shape index (κ3) is 5.11. The molecule has 3 aromatic rings. The number of benzene rings is 2. The van der Waals surface area contributed by atoms with Crippen LogP contribution in [0, 0.1) is 11.3 Å². The Morgan fingerprint density at radius 2 is 1.93 bits per heavy atom. The van der Waals surface area contributed by atoms with E-state index in [4.69, 9.17) is 14.4 Å². The number of methoxy groups -OCH3 is 1. The van der Waals surface area contributed by atoms with E-state index in [1.54, 1.807) is 19.2 Å². The van der Waals surface area contributed by atoms with Gasteiger partial charge in [0.1, 0.15) is 12.3 Å². The third-order valence-electron chi connectivity index (χ3n) is 3.88. The van der Waals surface area contributed by atoms with Crippen molar-refractivity contribution >= 4 is 23.4 Å². The fourth-order valence-corrected chi connectivity index (χ4v) is 3.15. The Morgan fingerprint density at radius 1 is 1.18 bits per heavy atom. The van der Waals surface area contributed by atoms with Crippen molar-refractivity contribution in [2.24, 2.45) is 0 Å². The van der Waals surface area contributed by atoms with E-state index in [1.165, 1.54) is 4.90 Å². The van der Waals surface area contributed by atoms with Crippen LogP contribution in [-0.4, -0.2) is 35.5 Å². The van der Waals surface area contributed by atoms with Crippen LogP contribution in [0.5, 0.6) is 5.75 Å². The SMILES string of the molecule is COc1ccc(Cc2nnc(SCC(=O)N(CC#N)c3ccccc3)o2)cc1. The van der Waals surface area contributed by atoms with Gasteiger partial charge in [-0.3, -0.25) is 9.69 Å². The molecule has 0 aliphatic carbocycles. The average Bonchev–Trinajstić information content (AvgIpc) is 3.19. The predicted molar refractivity (Wildman–Crippen MR) is 105 cm³/mol. The van der Waals surface area contributed by atoms with Gasteiger partial charge in [-0.1, -0.05) is 42.1 Å². The van der Waals surface area contributed by atoms with Crippen LogP contribution >= 0.6 is 11.8 Å². The first kappa shape index (κ1) is 19.5. The van der Waals surface area contributed by atoms with Crippen molar-refractivity contribution in [1.29, 1.82) is 5.26 Å². The van der Waals surface area contributed by atoms with Gasteiger partial charge in [0, 0.05) is 5.69 Å². The number of nitriles is 1. The number of thioether (sulfide) groups is 1. The summed E-state index contributed by atoms with van der Waals surface area (Å²) >= 11 is 1.15. The zero-order chi connectivity index (χ0) is 19.8. The number of hydrogen-bond donors (Lipinski definition) is 0. The number of rotatable bonds is 8. The van der Waals surface area contributed by atoms with Gasteiger partial charge in [0.05, 0.1) is 25.4 Å². The Hall–Kier alpha value is -3.31. The second kappa shape index (κ2) is 9.58. The molecule has 2 aromatic carbocycles. The Morgan fingerprint density at radius 3 is 2.61 bits per heavy atom. The molecule has 142 valence electrons. The minimum absolute atomic E-state index is 0.0179. The number of carbonyl (C=O) groups is 1. The molecule has 0 radical (unpaired) electrons. The quantitative estimate of drug-likeness (QED) is 0.427. The zero-order valence-corrected chi connectivity index (χ0v) is 16.1. The Labute approximate surface area is 166 Å². The highest BCUT2D eigenvalue weighted by Gasteiger charge is 2.17. The molecule has 8 heteroatoms. The molecule has 0 aliphatic heterocycles. The first-order valence-corrected chi connectivity index (χ1v) is 9.48. The van der Waals surface area contributed by atoms with Gasteiger partial charge in [0.15, 0.2) is 0 Å². The van der Waals surface area contributed by atoms with Gasteiger partial charge in [-0.05, 0) is 29.8 Å². The maximum absolute atomic E-state index is 12.5. The molecule has 0 fully saturated rings. The summed E-state index contributed by atoms with van der Waals surface area (Å²) in [6.45, 7) is -0.0179. The van der Waals surface area contributed by atoms with Gasteiger partial charge in [0.25, 0.3) is 5.22 Å². The molecular formula is C20H18N4O3S. The van der Waals surface area contributed by atoms with Crippen molar-refractivity contribution in [3.8, 4) is 11.8 Å². The number of nitrogens with zero attached hydrogens (tertiary/aromatic N) is 4. The first-order valence-electron chi connectivity index (χ1n) is 8.50. The highest BCUT2D eigenvalue weighted by Crippen LogP contribution is 2.21. The summed E-state index contributed by atoms with van der Waals surface area (Å²) in [7, 11) is 1.62. The predicted octanol–water partition coefficient (Wildman–Crippen LogP) is 3.32. The zero-order valence-electron chi connectivity index (χ0n) is 15.2. The van der Waals surface area contributed by atoms with Crippen LogP contribution in [0.3, 0.4) is 0 Å². The summed E-state index contributed by atoms with van der Waals surface area (Å²) in [5, 5.41) is 17.3. The van der Waals surface area contributed by atoms with E-state index in [0.717, 1.165) is 23.1 Å². The summed E-state index contributed by atoms with van der Waals surface area (Å²) in [6, 6.07) is 18.7. The van der Waals surface area contributed by atoms with E-state index in [2.05, 4.69) is 10.2 Å². The molecule has 0 spiro atoms. The van der Waals surface area contributed by atoms with Crippen molar-refractivity contribution in [3.63, 3.8) is 0 Å². The van der Waals surface area contributed by atoms with Gasteiger partial charge < -0.3 is 9.15 Å². The highest BCUT2D eigenvalue weighted by atomic mass is 32.2. The van der Waals surface area contributed by atoms with Gasteiger partial charge in [-0.15, -0.1) is 10.2 Å². The lowest BCUT2D eigenvalue weighted by molar-refractivity contribution is -0.116. The summed E-state index contributed by atoms with van der Waals surface area (Å²) in [4.78, 5) is 13.9. The minimum atomic E-state index is -0.201. The van der Waals surface area contributed by atoms with Crippen molar-refractivity contribution < 1.29 is 13.9 Å². The molecule has 1 amide bonds. The normalized spacial score (nSPS) is 10.3. The van der Waals surface area contributed by atoms with Crippen LogP contribution in [0.1, 0.15) is 11.5 Å². The maximum atomic E-state index is 12.5. The molecule has 0 N–H and O–H groups in total. The Bertz CT molecular complexity index is 952. The standard InChI is InChI=1S/C20H18N4O3S/c1-26-17-9-7-15(8-10-17)13-18-22-23-20(27-18)28-14-19(25)24(12-11-21)16-5-3-2-4-6-16/h2-10H,12-14H2,1H3. The second-order valence-electron chi connectivity index (χ2n) is 5.75. The Balaban J connectivity index is 1.58. The summed E-state index contributed by atoms with van der Waals surface area (Å²) in [5.41, 5.74) is 1.70. The minimum Gasteiger partial charge on any atom is -0.497 e. The highest BCUT2D eigenvalue weighted by molar-refractivity contribution is 7.99. The molecule has 0 saturated carbocycles. The van der Waals surface area contributed by atoms with Crippen molar-refractivity contribution in [2.45, 2.75) is 11.6 Å². The number of anilines is 1. The molecule has 3 rings (SSSR count). The van der Waals surface area contributed by atoms with Crippen LogP contribution in [0.15, 0.2) is 64.2 Å².